The highest BCUT2D eigenvalue weighted by Crippen LogP contribution is 2.33. The Balaban J connectivity index is 0.790. The number of carbonyl (C=O) groups is 5. The molecule has 0 aliphatic carbocycles. The van der Waals surface area contributed by atoms with E-state index in [1.165, 1.54) is 6.07 Å². The van der Waals surface area contributed by atoms with Gasteiger partial charge in [-0.2, -0.15) is 0 Å². The van der Waals surface area contributed by atoms with E-state index in [1.54, 1.807) is 18.3 Å². The fourth-order valence-electron chi connectivity index (χ4n) is 6.09. The van der Waals surface area contributed by atoms with Crippen molar-refractivity contribution >= 4 is 51.2 Å². The minimum Gasteiger partial charge on any atom is -0.490 e. The molecular formula is C36H38N4O9. The summed E-state index contributed by atoms with van der Waals surface area (Å²) in [5.41, 5.74) is 3.48. The number of ether oxygens (including phenoxy) is 4. The maximum atomic E-state index is 13.1. The van der Waals surface area contributed by atoms with Crippen LogP contribution in [0.2, 0.25) is 0 Å². The number of fused-ring (bicyclic) bond motifs is 4. The van der Waals surface area contributed by atoms with Crippen molar-refractivity contribution in [1.82, 2.24) is 20.2 Å². The van der Waals surface area contributed by atoms with Crippen LogP contribution in [0.4, 0.5) is 0 Å². The van der Waals surface area contributed by atoms with Gasteiger partial charge in [0.25, 0.3) is 11.8 Å². The number of Topliss-reactive ketones (excluding diaryl/α,β-unsaturated/α-hetero) is 1. The maximum absolute atomic E-state index is 13.1. The highest BCUT2D eigenvalue weighted by molar-refractivity contribution is 6.24. The number of H-pyrrole nitrogens is 1. The number of carbonyl (C=O) groups excluding carboxylic acids is 5. The Morgan fingerprint density at radius 1 is 0.837 bits per heavy atom. The number of ketones is 1. The average molecular weight is 671 g/mol. The average Bonchev–Trinajstić information content (AvgIpc) is 3.59. The van der Waals surface area contributed by atoms with Gasteiger partial charge in [0.2, 0.25) is 11.8 Å². The summed E-state index contributed by atoms with van der Waals surface area (Å²) in [6.45, 7) is 2.35. The number of piperidine rings is 1. The molecule has 4 aromatic rings. The summed E-state index contributed by atoms with van der Waals surface area (Å²) in [4.78, 5) is 70.7. The SMILES string of the molecule is O=C(CCCOCCOCCOCCOc1cccc2c1C(=O)N(C1CCC(=O)NC1=O)C2=O)CCc1ccc2c(c1)[nH]c1ccncc12. The second-order valence-corrected chi connectivity index (χ2v) is 11.9. The molecule has 4 amide bonds. The summed E-state index contributed by atoms with van der Waals surface area (Å²) in [5, 5.41) is 4.41. The van der Waals surface area contributed by atoms with Crippen LogP contribution in [0, 0.1) is 0 Å². The van der Waals surface area contributed by atoms with Crippen LogP contribution in [-0.4, -0.2) is 96.6 Å². The lowest BCUT2D eigenvalue weighted by atomic mass is 10.0. The molecule has 0 radical (unpaired) electrons. The summed E-state index contributed by atoms with van der Waals surface area (Å²) in [6, 6.07) is 11.9. The molecule has 1 unspecified atom stereocenters. The zero-order chi connectivity index (χ0) is 34.2. The summed E-state index contributed by atoms with van der Waals surface area (Å²) in [7, 11) is 0. The summed E-state index contributed by atoms with van der Waals surface area (Å²) in [5.74, 6) is -1.86. The standard InChI is InChI=1S/C36H38N4O9/c41-24(8-6-23-7-9-25-27-22-37-13-12-28(27)38-29(25)21-23)3-2-14-46-15-16-47-17-18-48-19-20-49-31-5-1-4-26-33(31)36(45)40(35(26)44)30-10-11-32(42)39-34(30)43/h1,4-5,7,9,12-13,21-22,30,38H,2-3,6,8,10-11,14-20H2,(H,39,42,43). The Morgan fingerprint density at radius 2 is 1.61 bits per heavy atom. The third-order valence-corrected chi connectivity index (χ3v) is 8.56. The topological polar surface area (TPSA) is 166 Å². The lowest BCUT2D eigenvalue weighted by molar-refractivity contribution is -0.136. The summed E-state index contributed by atoms with van der Waals surface area (Å²) >= 11 is 0. The molecule has 2 aliphatic rings. The molecule has 13 heteroatoms. The Kier molecular flexibility index (Phi) is 11.0. The molecule has 1 fully saturated rings. The number of aromatic amines is 1. The first-order valence-electron chi connectivity index (χ1n) is 16.5. The first-order chi connectivity index (χ1) is 23.9. The van der Waals surface area contributed by atoms with Gasteiger partial charge in [0, 0.05) is 60.1 Å². The van der Waals surface area contributed by atoms with Gasteiger partial charge in [-0.15, -0.1) is 0 Å². The third-order valence-electron chi connectivity index (χ3n) is 8.56. The monoisotopic (exact) mass is 670 g/mol. The lowest BCUT2D eigenvalue weighted by Crippen LogP contribution is -2.54. The van der Waals surface area contributed by atoms with E-state index in [-0.39, 0.29) is 48.7 Å². The first kappa shape index (κ1) is 33.9. The molecule has 49 heavy (non-hydrogen) atoms. The van der Waals surface area contributed by atoms with Crippen LogP contribution in [0.1, 0.15) is 58.4 Å². The fourth-order valence-corrected chi connectivity index (χ4v) is 6.09. The largest absolute Gasteiger partial charge is 0.490 e. The highest BCUT2D eigenvalue weighted by atomic mass is 16.6. The van der Waals surface area contributed by atoms with Crippen LogP contribution in [0.15, 0.2) is 54.9 Å². The number of amides is 4. The van der Waals surface area contributed by atoms with E-state index in [0.717, 1.165) is 32.3 Å². The van der Waals surface area contributed by atoms with Crippen LogP contribution < -0.4 is 10.1 Å². The van der Waals surface area contributed by atoms with Crippen molar-refractivity contribution < 1.29 is 42.9 Å². The summed E-state index contributed by atoms with van der Waals surface area (Å²) < 4.78 is 22.4. The molecule has 256 valence electrons. The molecule has 1 atom stereocenters. The molecule has 13 nitrogen and oxygen atoms in total. The zero-order valence-electron chi connectivity index (χ0n) is 27.0. The first-order valence-corrected chi connectivity index (χ1v) is 16.5. The van der Waals surface area contributed by atoms with E-state index >= 15 is 0 Å². The predicted octanol–water partition coefficient (Wildman–Crippen LogP) is 3.53. The van der Waals surface area contributed by atoms with E-state index in [4.69, 9.17) is 18.9 Å². The van der Waals surface area contributed by atoms with Crippen molar-refractivity contribution in [2.45, 2.75) is 44.6 Å². The smallest absolute Gasteiger partial charge is 0.266 e. The molecule has 2 N–H and O–H groups in total. The lowest BCUT2D eigenvalue weighted by Gasteiger charge is -2.27. The van der Waals surface area contributed by atoms with Gasteiger partial charge in [-0.05, 0) is 49.1 Å². The quantitative estimate of drug-likeness (QED) is 0.118. The molecule has 2 aromatic heterocycles. The Hall–Kier alpha value is -4.98. The number of benzene rings is 2. The molecule has 0 bridgehead atoms. The number of aromatic nitrogens is 2. The van der Waals surface area contributed by atoms with Crippen LogP contribution in [0.3, 0.4) is 0 Å². The number of imide groups is 2. The minimum absolute atomic E-state index is 0.0506. The number of hydrogen-bond acceptors (Lipinski definition) is 10. The summed E-state index contributed by atoms with van der Waals surface area (Å²) in [6.07, 6.45) is 6.10. The molecule has 0 spiro atoms. The van der Waals surface area contributed by atoms with E-state index in [1.807, 2.05) is 12.3 Å². The Labute approximate surface area is 282 Å². The normalized spacial score (nSPS) is 16.1. The minimum atomic E-state index is -1.04. The molecule has 0 saturated carbocycles. The van der Waals surface area contributed by atoms with Crippen molar-refractivity contribution in [2.75, 3.05) is 46.2 Å². The van der Waals surface area contributed by atoms with Crippen LogP contribution in [0.5, 0.6) is 5.75 Å². The van der Waals surface area contributed by atoms with Crippen LogP contribution in [-0.2, 0) is 35.0 Å². The molecular weight excluding hydrogens is 632 g/mol. The number of pyridine rings is 1. The number of nitrogens with one attached hydrogen (secondary N) is 2. The predicted molar refractivity (Wildman–Crippen MR) is 177 cm³/mol. The number of aryl methyl sites for hydroxylation is 1. The van der Waals surface area contributed by atoms with E-state index in [0.29, 0.717) is 58.7 Å². The van der Waals surface area contributed by atoms with Crippen molar-refractivity contribution in [3.05, 3.63) is 71.5 Å². The molecule has 2 aliphatic heterocycles. The van der Waals surface area contributed by atoms with Crippen molar-refractivity contribution in [3.63, 3.8) is 0 Å². The van der Waals surface area contributed by atoms with E-state index in [9.17, 15) is 24.0 Å². The van der Waals surface area contributed by atoms with Gasteiger partial charge in [-0.3, -0.25) is 39.2 Å². The van der Waals surface area contributed by atoms with E-state index < -0.39 is 29.7 Å². The van der Waals surface area contributed by atoms with Gasteiger partial charge < -0.3 is 23.9 Å². The Morgan fingerprint density at radius 3 is 2.41 bits per heavy atom. The maximum Gasteiger partial charge on any atom is 0.266 e. The van der Waals surface area contributed by atoms with Crippen LogP contribution >= 0.6 is 0 Å². The number of rotatable bonds is 18. The van der Waals surface area contributed by atoms with Gasteiger partial charge in [0.05, 0.1) is 44.2 Å². The van der Waals surface area contributed by atoms with Crippen molar-refractivity contribution in [3.8, 4) is 5.75 Å². The zero-order valence-corrected chi connectivity index (χ0v) is 27.0. The third kappa shape index (κ3) is 8.02. The van der Waals surface area contributed by atoms with Gasteiger partial charge in [-0.1, -0.05) is 18.2 Å². The van der Waals surface area contributed by atoms with Crippen molar-refractivity contribution in [2.24, 2.45) is 0 Å². The van der Waals surface area contributed by atoms with E-state index in [2.05, 4.69) is 33.5 Å². The highest BCUT2D eigenvalue weighted by Gasteiger charge is 2.46. The van der Waals surface area contributed by atoms with Gasteiger partial charge in [-0.25, -0.2) is 0 Å². The number of nitrogens with zero attached hydrogens (tertiary/aromatic N) is 2. The van der Waals surface area contributed by atoms with Crippen LogP contribution in [0.25, 0.3) is 21.8 Å². The fraction of sp³-hybridized carbons (Fsp3) is 0.389. The number of hydrogen-bond donors (Lipinski definition) is 2. The Bertz CT molecular complexity index is 1870. The molecule has 4 heterocycles. The molecule has 1 saturated heterocycles. The van der Waals surface area contributed by atoms with Gasteiger partial charge in [0.1, 0.15) is 24.2 Å². The van der Waals surface area contributed by atoms with Gasteiger partial charge in [0.15, 0.2) is 0 Å². The second-order valence-electron chi connectivity index (χ2n) is 11.9. The van der Waals surface area contributed by atoms with Gasteiger partial charge >= 0.3 is 0 Å². The van der Waals surface area contributed by atoms with Crippen molar-refractivity contribution in [1.29, 1.82) is 0 Å². The molecule has 6 rings (SSSR count). The molecule has 2 aromatic carbocycles. The second kappa shape index (κ2) is 15.9.